The molecular weight excluding hydrogens is 304 g/mol. The number of anilines is 1. The van der Waals surface area contributed by atoms with Crippen molar-refractivity contribution in [3.63, 3.8) is 0 Å². The van der Waals surface area contributed by atoms with E-state index in [9.17, 15) is 13.6 Å². The van der Waals surface area contributed by atoms with Gasteiger partial charge < -0.3 is 0 Å². The Kier molecular flexibility index (Phi) is 3.19. The van der Waals surface area contributed by atoms with Crippen LogP contribution in [-0.4, -0.2) is 15.9 Å². The van der Waals surface area contributed by atoms with Crippen molar-refractivity contribution in [3.8, 4) is 0 Å². The van der Waals surface area contributed by atoms with E-state index in [-0.39, 0.29) is 5.91 Å². The summed E-state index contributed by atoms with van der Waals surface area (Å²) in [7, 11) is 0. The fraction of sp³-hybridized carbons (Fsp3) is 0.0833. The van der Waals surface area contributed by atoms with Crippen LogP contribution in [0.3, 0.4) is 0 Å². The molecule has 0 saturated heterocycles. The first-order chi connectivity index (χ1) is 9.54. The molecule has 102 valence electrons. The van der Waals surface area contributed by atoms with E-state index in [0.29, 0.717) is 25.9 Å². The number of aromatic nitrogens is 2. The minimum atomic E-state index is -0.959. The highest BCUT2D eigenvalue weighted by molar-refractivity contribution is 7.22. The lowest BCUT2D eigenvalue weighted by Crippen LogP contribution is -2.11. The van der Waals surface area contributed by atoms with Crippen molar-refractivity contribution in [1.29, 1.82) is 0 Å². The van der Waals surface area contributed by atoms with E-state index in [1.807, 2.05) is 0 Å². The van der Waals surface area contributed by atoms with Crippen molar-refractivity contribution in [2.24, 2.45) is 0 Å². The van der Waals surface area contributed by atoms with E-state index in [4.69, 9.17) is 0 Å². The van der Waals surface area contributed by atoms with Gasteiger partial charge >= 0.3 is 0 Å². The van der Waals surface area contributed by atoms with Gasteiger partial charge in [-0.1, -0.05) is 11.3 Å². The number of aryl methyl sites for hydroxylation is 1. The largest absolute Gasteiger partial charge is 0.297 e. The maximum atomic E-state index is 13.1. The number of amides is 1. The number of fused-ring (bicyclic) bond motifs is 1. The molecule has 0 aliphatic heterocycles. The molecule has 2 heterocycles. The lowest BCUT2D eigenvalue weighted by Gasteiger charge is -1.98. The first-order valence-electron chi connectivity index (χ1n) is 5.51. The van der Waals surface area contributed by atoms with Crippen molar-refractivity contribution in [2.45, 2.75) is 6.92 Å². The smallest absolute Gasteiger partial charge is 0.269 e. The summed E-state index contributed by atoms with van der Waals surface area (Å²) >= 11 is 2.31. The molecule has 0 aliphatic rings. The zero-order valence-electron chi connectivity index (χ0n) is 10.1. The van der Waals surface area contributed by atoms with Gasteiger partial charge in [-0.3, -0.25) is 10.1 Å². The molecule has 8 heteroatoms. The monoisotopic (exact) mass is 311 g/mol. The number of rotatable bonds is 2. The minimum Gasteiger partial charge on any atom is -0.297 e. The number of nitrogens with zero attached hydrogens (tertiary/aromatic N) is 2. The molecule has 0 aliphatic carbocycles. The van der Waals surface area contributed by atoms with Crippen molar-refractivity contribution < 1.29 is 13.6 Å². The van der Waals surface area contributed by atoms with Crippen LogP contribution in [0.25, 0.3) is 10.2 Å². The van der Waals surface area contributed by atoms with Gasteiger partial charge in [-0.2, -0.15) is 0 Å². The predicted molar refractivity (Wildman–Crippen MR) is 74.3 cm³/mol. The van der Waals surface area contributed by atoms with Crippen LogP contribution in [0.5, 0.6) is 0 Å². The number of nitrogens with one attached hydrogen (secondary N) is 1. The molecule has 0 fully saturated rings. The molecule has 3 rings (SSSR count). The van der Waals surface area contributed by atoms with Gasteiger partial charge in [0.15, 0.2) is 16.8 Å². The van der Waals surface area contributed by atoms with Crippen molar-refractivity contribution in [3.05, 3.63) is 39.8 Å². The average molecular weight is 311 g/mol. The van der Waals surface area contributed by atoms with Crippen molar-refractivity contribution in [1.82, 2.24) is 9.97 Å². The number of hydrogen-bond donors (Lipinski definition) is 1. The van der Waals surface area contributed by atoms with Gasteiger partial charge in [-0.05, 0) is 13.0 Å². The van der Waals surface area contributed by atoms with Gasteiger partial charge in [0.05, 0.1) is 21.4 Å². The molecule has 0 unspecified atom stereocenters. The molecule has 1 aromatic carbocycles. The van der Waals surface area contributed by atoms with E-state index in [1.54, 1.807) is 12.4 Å². The van der Waals surface area contributed by atoms with Crippen LogP contribution in [0.1, 0.15) is 15.4 Å². The van der Waals surface area contributed by atoms with Crippen LogP contribution in [0.15, 0.2) is 17.6 Å². The summed E-state index contributed by atoms with van der Waals surface area (Å²) in [6, 6.07) is 2.07. The highest BCUT2D eigenvalue weighted by Gasteiger charge is 2.15. The quantitative estimate of drug-likeness (QED) is 0.787. The number of benzene rings is 1. The second-order valence-corrected chi connectivity index (χ2v) is 5.86. The highest BCUT2D eigenvalue weighted by Crippen LogP contribution is 2.28. The summed E-state index contributed by atoms with van der Waals surface area (Å²) in [4.78, 5) is 20.5. The Morgan fingerprint density at radius 3 is 2.75 bits per heavy atom. The Hall–Kier alpha value is -1.93. The van der Waals surface area contributed by atoms with Gasteiger partial charge in [0.2, 0.25) is 0 Å². The third-order valence-electron chi connectivity index (χ3n) is 2.60. The van der Waals surface area contributed by atoms with Crippen LogP contribution in [0, 0.1) is 18.6 Å². The van der Waals surface area contributed by atoms with Crippen LogP contribution in [0.4, 0.5) is 13.9 Å². The predicted octanol–water partition coefficient (Wildman–Crippen LogP) is 3.59. The fourth-order valence-electron chi connectivity index (χ4n) is 1.65. The summed E-state index contributed by atoms with van der Waals surface area (Å²) in [5.41, 5.74) is 2.52. The van der Waals surface area contributed by atoms with Crippen LogP contribution in [0.2, 0.25) is 0 Å². The molecule has 0 bridgehead atoms. The minimum absolute atomic E-state index is 0.294. The second kappa shape index (κ2) is 4.88. The molecule has 0 radical (unpaired) electrons. The summed E-state index contributed by atoms with van der Waals surface area (Å²) in [6.07, 6.45) is 0. The Labute approximate surface area is 120 Å². The zero-order valence-corrected chi connectivity index (χ0v) is 11.7. The lowest BCUT2D eigenvalue weighted by atomic mass is 10.3. The molecule has 20 heavy (non-hydrogen) atoms. The molecule has 0 saturated carbocycles. The van der Waals surface area contributed by atoms with Gasteiger partial charge in [0.25, 0.3) is 5.91 Å². The van der Waals surface area contributed by atoms with Gasteiger partial charge in [0.1, 0.15) is 4.88 Å². The van der Waals surface area contributed by atoms with E-state index >= 15 is 0 Å². The first-order valence-corrected chi connectivity index (χ1v) is 7.21. The third-order valence-corrected chi connectivity index (χ3v) is 4.46. The van der Waals surface area contributed by atoms with E-state index < -0.39 is 11.6 Å². The standard InChI is InChI=1S/C12H7F2N3OS2/c1-5-10(19-4-15-5)11(18)17-12-16-8-2-6(13)7(14)3-9(8)20-12/h2-4H,1H3,(H,16,17,18). The zero-order chi connectivity index (χ0) is 14.3. The van der Waals surface area contributed by atoms with E-state index in [2.05, 4.69) is 15.3 Å². The average Bonchev–Trinajstić information content (AvgIpc) is 2.96. The number of hydrogen-bond acceptors (Lipinski definition) is 5. The van der Waals surface area contributed by atoms with Gasteiger partial charge in [-0.15, -0.1) is 11.3 Å². The molecule has 3 aromatic rings. The maximum absolute atomic E-state index is 13.1. The normalized spacial score (nSPS) is 10.9. The summed E-state index contributed by atoms with van der Waals surface area (Å²) in [5.74, 6) is -2.22. The number of thiazole rings is 2. The van der Waals surface area contributed by atoms with Crippen molar-refractivity contribution >= 4 is 43.9 Å². The Bertz CT molecular complexity index is 773. The fourth-order valence-corrected chi connectivity index (χ4v) is 3.22. The van der Waals surface area contributed by atoms with E-state index in [1.165, 1.54) is 11.3 Å². The third kappa shape index (κ3) is 2.27. The van der Waals surface area contributed by atoms with Crippen LogP contribution in [-0.2, 0) is 0 Å². The topological polar surface area (TPSA) is 54.9 Å². The molecule has 0 spiro atoms. The Morgan fingerprint density at radius 1 is 1.30 bits per heavy atom. The molecular formula is C12H7F2N3OS2. The van der Waals surface area contributed by atoms with Crippen molar-refractivity contribution in [2.75, 3.05) is 5.32 Å². The summed E-state index contributed by atoms with van der Waals surface area (Å²) < 4.78 is 26.7. The lowest BCUT2D eigenvalue weighted by molar-refractivity contribution is 0.103. The summed E-state index contributed by atoms with van der Waals surface area (Å²) in [5, 5.41) is 2.90. The summed E-state index contributed by atoms with van der Waals surface area (Å²) in [6.45, 7) is 1.73. The van der Waals surface area contributed by atoms with Crippen LogP contribution < -0.4 is 5.32 Å². The molecule has 2 aromatic heterocycles. The SMILES string of the molecule is Cc1ncsc1C(=O)Nc1nc2cc(F)c(F)cc2s1. The molecule has 1 N–H and O–H groups in total. The Balaban J connectivity index is 1.92. The Morgan fingerprint density at radius 2 is 2.05 bits per heavy atom. The molecule has 1 amide bonds. The van der Waals surface area contributed by atoms with E-state index in [0.717, 1.165) is 23.5 Å². The van der Waals surface area contributed by atoms with Crippen LogP contribution >= 0.6 is 22.7 Å². The number of carbonyl (C=O) groups excluding carboxylic acids is 1. The van der Waals surface area contributed by atoms with Gasteiger partial charge in [0, 0.05) is 6.07 Å². The maximum Gasteiger partial charge on any atom is 0.269 e. The molecule has 4 nitrogen and oxygen atoms in total. The number of carbonyl (C=O) groups is 1. The van der Waals surface area contributed by atoms with Gasteiger partial charge in [-0.25, -0.2) is 18.7 Å². The highest BCUT2D eigenvalue weighted by atomic mass is 32.1. The molecule has 0 atom stereocenters. The number of halogens is 2. The first kappa shape index (κ1) is 13.1. The second-order valence-electron chi connectivity index (χ2n) is 3.97.